The molecule has 0 aliphatic carbocycles. The molecule has 0 aliphatic rings. The van der Waals surface area contributed by atoms with Crippen LogP contribution >= 0.6 is 11.6 Å². The van der Waals surface area contributed by atoms with Crippen molar-refractivity contribution in [2.24, 2.45) is 5.14 Å². The predicted octanol–water partition coefficient (Wildman–Crippen LogP) is 1.93. The van der Waals surface area contributed by atoms with Crippen molar-refractivity contribution >= 4 is 43.2 Å². The fourth-order valence-corrected chi connectivity index (χ4v) is 4.08. The Morgan fingerprint density at radius 2 is 1.67 bits per heavy atom. The summed E-state index contributed by atoms with van der Waals surface area (Å²) < 4.78 is 50.3. The van der Waals surface area contributed by atoms with Crippen molar-refractivity contribution in [3.63, 3.8) is 0 Å². The zero-order chi connectivity index (χ0) is 20.4. The predicted molar refractivity (Wildman–Crippen MR) is 103 cm³/mol. The minimum absolute atomic E-state index is 0.0194. The van der Waals surface area contributed by atoms with Gasteiger partial charge in [0.05, 0.1) is 20.5 Å². The number of nitrogens with two attached hydrogens (primary N) is 1. The first kappa shape index (κ1) is 21.2. The summed E-state index contributed by atoms with van der Waals surface area (Å²) in [5.41, 5.74) is 0.193. The number of sulfonamides is 2. The lowest BCUT2D eigenvalue weighted by molar-refractivity contribution is 0.0943. The monoisotopic (exact) mass is 431 g/mol. The first-order chi connectivity index (χ1) is 12.4. The van der Waals surface area contributed by atoms with Gasteiger partial charge in [-0.2, -0.15) is 0 Å². The van der Waals surface area contributed by atoms with Gasteiger partial charge in [-0.25, -0.2) is 22.0 Å². The van der Waals surface area contributed by atoms with Crippen LogP contribution < -0.4 is 15.2 Å². The number of nitrogens with one attached hydrogen (secondary N) is 2. The van der Waals surface area contributed by atoms with Crippen LogP contribution in [0.4, 0.5) is 5.69 Å². The molecule has 2 rings (SSSR count). The quantitative estimate of drug-likeness (QED) is 0.642. The van der Waals surface area contributed by atoms with Crippen molar-refractivity contribution in [1.82, 2.24) is 5.32 Å². The van der Waals surface area contributed by atoms with Crippen LogP contribution in [-0.2, 0) is 20.0 Å². The van der Waals surface area contributed by atoms with E-state index in [1.165, 1.54) is 36.4 Å². The molecule has 0 bridgehead atoms. The molecular formula is C16H18ClN3O5S2. The molecule has 2 aromatic rings. The van der Waals surface area contributed by atoms with Gasteiger partial charge in [0.15, 0.2) is 0 Å². The highest BCUT2D eigenvalue weighted by Crippen LogP contribution is 2.26. The number of halogens is 1. The normalized spacial score (nSPS) is 12.0. The van der Waals surface area contributed by atoms with Gasteiger partial charge < -0.3 is 5.32 Å². The Hall–Kier alpha value is -2.14. The largest absolute Gasteiger partial charge is 0.350 e. The van der Waals surface area contributed by atoms with Gasteiger partial charge in [-0.15, -0.1) is 0 Å². The van der Waals surface area contributed by atoms with E-state index in [-0.39, 0.29) is 32.1 Å². The standard InChI is InChI=1S/C16H18ClN3O5S2/c1-10(2)19-16(21)11-6-7-14(17)15(8-11)20-27(24,25)13-5-3-4-12(9-13)26(18,22)23/h3-10,20H,1-2H3,(H,19,21)(H2,18,22,23). The highest BCUT2D eigenvalue weighted by molar-refractivity contribution is 7.93. The molecule has 1 amide bonds. The highest BCUT2D eigenvalue weighted by Gasteiger charge is 2.20. The van der Waals surface area contributed by atoms with Crippen LogP contribution in [0.1, 0.15) is 24.2 Å². The minimum atomic E-state index is -4.17. The van der Waals surface area contributed by atoms with Crippen LogP contribution in [-0.4, -0.2) is 28.8 Å². The topological polar surface area (TPSA) is 135 Å². The second-order valence-corrected chi connectivity index (χ2v) is 9.60. The fraction of sp³-hybridized carbons (Fsp3) is 0.188. The number of rotatable bonds is 6. The van der Waals surface area contributed by atoms with Gasteiger partial charge in [-0.1, -0.05) is 17.7 Å². The number of amides is 1. The maximum Gasteiger partial charge on any atom is 0.261 e. The third-order valence-corrected chi connectivity index (χ3v) is 5.94. The summed E-state index contributed by atoms with van der Waals surface area (Å²) in [6.07, 6.45) is 0. The molecule has 0 aliphatic heterocycles. The Morgan fingerprint density at radius 3 is 2.26 bits per heavy atom. The van der Waals surface area contributed by atoms with Crippen molar-refractivity contribution in [3.8, 4) is 0 Å². The molecule has 0 unspecified atom stereocenters. The SMILES string of the molecule is CC(C)NC(=O)c1ccc(Cl)c(NS(=O)(=O)c2cccc(S(N)(=O)=O)c2)c1. The summed E-state index contributed by atoms with van der Waals surface area (Å²) in [5.74, 6) is -0.390. The van der Waals surface area contributed by atoms with Gasteiger partial charge in [0.1, 0.15) is 0 Å². The van der Waals surface area contributed by atoms with Crippen LogP contribution in [0.25, 0.3) is 0 Å². The summed E-state index contributed by atoms with van der Waals surface area (Å²) in [7, 11) is -8.24. The lowest BCUT2D eigenvalue weighted by atomic mass is 10.2. The van der Waals surface area contributed by atoms with Gasteiger partial charge in [-0.3, -0.25) is 9.52 Å². The van der Waals surface area contributed by atoms with E-state index in [9.17, 15) is 21.6 Å². The Balaban J connectivity index is 2.39. The summed E-state index contributed by atoms with van der Waals surface area (Å²) in [6.45, 7) is 3.58. The summed E-state index contributed by atoms with van der Waals surface area (Å²) in [4.78, 5) is 11.4. The minimum Gasteiger partial charge on any atom is -0.350 e. The number of anilines is 1. The van der Waals surface area contributed by atoms with Crippen molar-refractivity contribution in [2.75, 3.05) is 4.72 Å². The summed E-state index contributed by atoms with van der Waals surface area (Å²) >= 11 is 6.03. The van der Waals surface area contributed by atoms with E-state index in [0.29, 0.717) is 0 Å². The number of carbonyl (C=O) groups is 1. The number of carbonyl (C=O) groups excluding carboxylic acids is 1. The maximum absolute atomic E-state index is 12.6. The van der Waals surface area contributed by atoms with Crippen LogP contribution in [0.5, 0.6) is 0 Å². The van der Waals surface area contributed by atoms with Crippen molar-refractivity contribution in [3.05, 3.63) is 53.1 Å². The molecule has 2 aromatic carbocycles. The fourth-order valence-electron chi connectivity index (χ4n) is 2.11. The summed E-state index contributed by atoms with van der Waals surface area (Å²) in [6, 6.07) is 8.60. The molecule has 4 N–H and O–H groups in total. The van der Waals surface area contributed by atoms with Gasteiger partial charge in [0.25, 0.3) is 15.9 Å². The molecule has 146 valence electrons. The number of hydrogen-bond acceptors (Lipinski definition) is 5. The molecular weight excluding hydrogens is 414 g/mol. The van der Waals surface area contributed by atoms with Crippen molar-refractivity contribution in [1.29, 1.82) is 0 Å². The molecule has 0 radical (unpaired) electrons. The zero-order valence-electron chi connectivity index (χ0n) is 14.4. The Bertz CT molecular complexity index is 1080. The van der Waals surface area contributed by atoms with Crippen LogP contribution in [0.3, 0.4) is 0 Å². The zero-order valence-corrected chi connectivity index (χ0v) is 16.8. The Morgan fingerprint density at radius 1 is 1.04 bits per heavy atom. The van der Waals surface area contributed by atoms with Gasteiger partial charge in [-0.05, 0) is 50.2 Å². The average molecular weight is 432 g/mol. The average Bonchev–Trinajstić information content (AvgIpc) is 2.55. The van der Waals surface area contributed by atoms with E-state index in [1.807, 2.05) is 0 Å². The van der Waals surface area contributed by atoms with E-state index >= 15 is 0 Å². The molecule has 27 heavy (non-hydrogen) atoms. The number of primary sulfonamides is 1. The van der Waals surface area contributed by atoms with Crippen LogP contribution in [0, 0.1) is 0 Å². The van der Waals surface area contributed by atoms with Gasteiger partial charge in [0, 0.05) is 11.6 Å². The second-order valence-electron chi connectivity index (χ2n) is 5.95. The number of hydrogen-bond donors (Lipinski definition) is 3. The first-order valence-corrected chi connectivity index (χ1v) is 11.1. The number of benzene rings is 2. The molecule has 0 atom stereocenters. The van der Waals surface area contributed by atoms with E-state index < -0.39 is 26.0 Å². The van der Waals surface area contributed by atoms with E-state index in [2.05, 4.69) is 10.0 Å². The molecule has 0 heterocycles. The molecule has 11 heteroatoms. The van der Waals surface area contributed by atoms with Crippen molar-refractivity contribution < 1.29 is 21.6 Å². The van der Waals surface area contributed by atoms with Gasteiger partial charge in [0.2, 0.25) is 10.0 Å². The van der Waals surface area contributed by atoms with E-state index in [0.717, 1.165) is 6.07 Å². The third-order valence-electron chi connectivity index (χ3n) is 3.34. The lowest BCUT2D eigenvalue weighted by Gasteiger charge is -2.13. The molecule has 0 saturated carbocycles. The second kappa shape index (κ2) is 7.85. The molecule has 8 nitrogen and oxygen atoms in total. The first-order valence-electron chi connectivity index (χ1n) is 7.66. The van der Waals surface area contributed by atoms with Crippen LogP contribution in [0.2, 0.25) is 5.02 Å². The highest BCUT2D eigenvalue weighted by atomic mass is 35.5. The summed E-state index contributed by atoms with van der Waals surface area (Å²) in [5, 5.41) is 7.79. The van der Waals surface area contributed by atoms with Crippen LogP contribution in [0.15, 0.2) is 52.3 Å². The van der Waals surface area contributed by atoms with Crippen molar-refractivity contribution in [2.45, 2.75) is 29.7 Å². The third kappa shape index (κ3) is 5.42. The van der Waals surface area contributed by atoms with Gasteiger partial charge >= 0.3 is 0 Å². The van der Waals surface area contributed by atoms with E-state index in [1.54, 1.807) is 13.8 Å². The smallest absolute Gasteiger partial charge is 0.261 e. The molecule has 0 spiro atoms. The molecule has 0 aromatic heterocycles. The molecule has 0 fully saturated rings. The van der Waals surface area contributed by atoms with E-state index in [4.69, 9.17) is 16.7 Å². The maximum atomic E-state index is 12.6. The Labute approximate surface area is 162 Å². The lowest BCUT2D eigenvalue weighted by Crippen LogP contribution is -2.30. The molecule has 0 saturated heterocycles. The Kier molecular flexibility index (Phi) is 6.15.